The Balaban J connectivity index is 2.18. The highest BCUT2D eigenvalue weighted by atomic mass is 35.5. The number of hydrogen-bond donors (Lipinski definition) is 1. The molecule has 7 heteroatoms. The summed E-state index contributed by atoms with van der Waals surface area (Å²) in [6.45, 7) is 9.88. The van der Waals surface area contributed by atoms with E-state index in [1.807, 2.05) is 20.8 Å². The van der Waals surface area contributed by atoms with Crippen molar-refractivity contribution in [3.63, 3.8) is 0 Å². The molecule has 4 nitrogen and oxygen atoms in total. The first-order valence-electron chi connectivity index (χ1n) is 10.2. The van der Waals surface area contributed by atoms with E-state index < -0.39 is 17.6 Å². The van der Waals surface area contributed by atoms with Crippen molar-refractivity contribution in [1.82, 2.24) is 4.57 Å². The second-order valence-electron chi connectivity index (χ2n) is 9.54. The monoisotopic (exact) mass is 461 g/mol. The van der Waals surface area contributed by atoms with Gasteiger partial charge in [0.05, 0.1) is 16.1 Å². The van der Waals surface area contributed by atoms with Crippen LogP contribution >= 0.6 is 11.6 Å². The summed E-state index contributed by atoms with van der Waals surface area (Å²) in [5, 5.41) is 11.3. The van der Waals surface area contributed by atoms with Crippen LogP contribution in [0.3, 0.4) is 0 Å². The van der Waals surface area contributed by atoms with Gasteiger partial charge in [-0.1, -0.05) is 32.4 Å². The molecule has 0 radical (unpaired) electrons. The predicted octanol–water partition coefficient (Wildman–Crippen LogP) is 7.04. The molecule has 1 aromatic heterocycles. The first-order chi connectivity index (χ1) is 14.6. The number of rotatable bonds is 4. The Labute approximate surface area is 190 Å². The first kappa shape index (κ1) is 23.9. The molecule has 170 valence electrons. The highest BCUT2D eigenvalue weighted by molar-refractivity contribution is 6.35. The number of fused-ring (bicyclic) bond motifs is 1. The molecule has 1 N–H and O–H groups in total. The Hall–Kier alpha value is -2.73. The zero-order chi connectivity index (χ0) is 24.2. The maximum Gasteiger partial charge on any atom is 0.270 e. The average molecular weight is 462 g/mol. The van der Waals surface area contributed by atoms with Crippen LogP contribution in [0.25, 0.3) is 10.9 Å². The number of aromatic nitrogens is 1. The van der Waals surface area contributed by atoms with Crippen LogP contribution in [-0.4, -0.2) is 21.4 Å². The van der Waals surface area contributed by atoms with Crippen molar-refractivity contribution in [2.24, 2.45) is 5.41 Å². The average Bonchev–Trinajstić information content (AvgIpc) is 2.97. The molecule has 1 heterocycles. The number of nitrogens with zero attached hydrogens (tertiary/aromatic N) is 1. The normalized spacial score (nSPS) is 12.4. The third-order valence-corrected chi connectivity index (χ3v) is 5.66. The number of hydrogen-bond acceptors (Lipinski definition) is 3. The van der Waals surface area contributed by atoms with E-state index in [1.54, 1.807) is 13.8 Å². The number of carbonyl (C=O) groups is 2. The van der Waals surface area contributed by atoms with Gasteiger partial charge in [0.25, 0.3) is 11.8 Å². The molecule has 2 aromatic carbocycles. The molecule has 0 aliphatic rings. The number of ketones is 1. The van der Waals surface area contributed by atoms with Crippen molar-refractivity contribution in [3.8, 4) is 5.75 Å². The van der Waals surface area contributed by atoms with Crippen LogP contribution in [0.4, 0.5) is 8.78 Å². The fourth-order valence-electron chi connectivity index (χ4n) is 3.83. The van der Waals surface area contributed by atoms with Crippen molar-refractivity contribution in [2.45, 2.75) is 53.9 Å². The lowest BCUT2D eigenvalue weighted by atomic mass is 9.87. The van der Waals surface area contributed by atoms with E-state index in [-0.39, 0.29) is 39.3 Å². The van der Waals surface area contributed by atoms with Crippen LogP contribution in [0.15, 0.2) is 30.5 Å². The molecule has 0 unspecified atom stereocenters. The van der Waals surface area contributed by atoms with Crippen LogP contribution < -0.4 is 0 Å². The molecule has 3 rings (SSSR count). The highest BCUT2D eigenvalue weighted by Crippen LogP contribution is 2.37. The Morgan fingerprint density at radius 2 is 1.69 bits per heavy atom. The van der Waals surface area contributed by atoms with E-state index in [2.05, 4.69) is 0 Å². The van der Waals surface area contributed by atoms with Gasteiger partial charge in [-0.2, -0.15) is 0 Å². The zero-order valence-corrected chi connectivity index (χ0v) is 19.7. The summed E-state index contributed by atoms with van der Waals surface area (Å²) in [6.07, 6.45) is 1.70. The molecule has 0 atom stereocenters. The maximum atomic E-state index is 13.9. The summed E-state index contributed by atoms with van der Waals surface area (Å²) in [4.78, 5) is 26.2. The van der Waals surface area contributed by atoms with Gasteiger partial charge >= 0.3 is 0 Å². The van der Waals surface area contributed by atoms with Gasteiger partial charge in [0.1, 0.15) is 11.3 Å². The topological polar surface area (TPSA) is 59.3 Å². The lowest BCUT2D eigenvalue weighted by Crippen LogP contribution is -2.16. The molecule has 0 aliphatic heterocycles. The number of aromatic hydroxyl groups is 1. The summed E-state index contributed by atoms with van der Waals surface area (Å²) in [5.41, 5.74) is 0.915. The Kier molecular flexibility index (Phi) is 5.98. The summed E-state index contributed by atoms with van der Waals surface area (Å²) < 4.78 is 29.1. The molecular formula is C25H26ClF2NO3. The van der Waals surface area contributed by atoms with Gasteiger partial charge in [0.2, 0.25) is 0 Å². The number of phenolic OH excluding ortho intramolecular Hbond substituents is 1. The van der Waals surface area contributed by atoms with Crippen molar-refractivity contribution in [2.75, 3.05) is 0 Å². The minimum Gasteiger partial charge on any atom is -0.506 e. The third kappa shape index (κ3) is 4.42. The first-order valence-corrected chi connectivity index (χ1v) is 10.6. The molecule has 0 aliphatic carbocycles. The van der Waals surface area contributed by atoms with E-state index in [9.17, 15) is 23.5 Å². The van der Waals surface area contributed by atoms with Gasteiger partial charge in [-0.25, -0.2) is 8.78 Å². The van der Waals surface area contributed by atoms with Crippen LogP contribution in [0, 0.1) is 19.3 Å². The van der Waals surface area contributed by atoms with E-state index in [0.717, 1.165) is 6.92 Å². The van der Waals surface area contributed by atoms with Crippen molar-refractivity contribution in [1.29, 1.82) is 0 Å². The van der Waals surface area contributed by atoms with Crippen molar-refractivity contribution >= 4 is 34.2 Å². The third-order valence-electron chi connectivity index (χ3n) is 5.35. The fourth-order valence-corrected chi connectivity index (χ4v) is 4.07. The molecule has 32 heavy (non-hydrogen) atoms. The predicted molar refractivity (Wildman–Crippen MR) is 122 cm³/mol. The summed E-state index contributed by atoms with van der Waals surface area (Å²) >= 11 is 6.26. The second-order valence-corrected chi connectivity index (χ2v) is 9.95. The lowest BCUT2D eigenvalue weighted by molar-refractivity contribution is 0.0175. The number of Topliss-reactive ketones (excluding diaryl/α,β-unsaturated/α-hetero) is 1. The molecule has 0 saturated heterocycles. The smallest absolute Gasteiger partial charge is 0.270 e. The standard InChI is InChI=1S/C25H26ClF2NO3/c1-13-9-15(25(6,27)28)10-17-14(2)12-29(21(13)17)23(32)20-18(26)8-7-16(22(20)31)19(30)11-24(3,4)5/h7-10,12,31H,11H2,1-6H3. The minimum atomic E-state index is -3.03. The van der Waals surface area contributed by atoms with Gasteiger partial charge in [-0.3, -0.25) is 14.2 Å². The SMILES string of the molecule is Cc1cn(C(=O)c2c(Cl)ccc(C(=O)CC(C)(C)C)c2O)c2c(C)cc(C(C)(F)F)cc12. The molecule has 0 spiro atoms. The second kappa shape index (κ2) is 8.00. The van der Waals surface area contributed by atoms with Gasteiger partial charge in [0, 0.05) is 30.5 Å². The van der Waals surface area contributed by atoms with Gasteiger partial charge in [-0.05, 0) is 54.7 Å². The molecule has 0 fully saturated rings. The van der Waals surface area contributed by atoms with Gasteiger partial charge in [0.15, 0.2) is 5.78 Å². The van der Waals surface area contributed by atoms with Crippen LogP contribution in [0.1, 0.15) is 71.5 Å². The molecule has 3 aromatic rings. The molecule has 0 bridgehead atoms. The van der Waals surface area contributed by atoms with Crippen molar-refractivity contribution < 1.29 is 23.5 Å². The number of alkyl halides is 2. The van der Waals surface area contributed by atoms with E-state index in [1.165, 1.54) is 35.0 Å². The van der Waals surface area contributed by atoms with Gasteiger partial charge < -0.3 is 5.11 Å². The largest absolute Gasteiger partial charge is 0.506 e. The van der Waals surface area contributed by atoms with Crippen LogP contribution in [-0.2, 0) is 5.92 Å². The maximum absolute atomic E-state index is 13.9. The van der Waals surface area contributed by atoms with Crippen molar-refractivity contribution in [3.05, 3.63) is 63.3 Å². The van der Waals surface area contributed by atoms with Crippen LogP contribution in [0.5, 0.6) is 5.75 Å². The summed E-state index contributed by atoms with van der Waals surface area (Å²) in [5.74, 6) is -4.46. The van der Waals surface area contributed by atoms with Crippen LogP contribution in [0.2, 0.25) is 5.02 Å². The minimum absolute atomic E-state index is 0.00586. The Bertz CT molecular complexity index is 1250. The lowest BCUT2D eigenvalue weighted by Gasteiger charge is -2.18. The van der Waals surface area contributed by atoms with E-state index in [4.69, 9.17) is 11.6 Å². The molecular weight excluding hydrogens is 436 g/mol. The molecule has 0 amide bonds. The number of benzene rings is 2. The highest BCUT2D eigenvalue weighted by Gasteiger charge is 2.29. The fraction of sp³-hybridized carbons (Fsp3) is 0.360. The van der Waals surface area contributed by atoms with E-state index in [0.29, 0.717) is 22.0 Å². The Morgan fingerprint density at radius 1 is 1.06 bits per heavy atom. The summed E-state index contributed by atoms with van der Waals surface area (Å²) in [6, 6.07) is 5.52. The van der Waals surface area contributed by atoms with Gasteiger partial charge in [-0.15, -0.1) is 0 Å². The number of phenols is 1. The van der Waals surface area contributed by atoms with E-state index >= 15 is 0 Å². The Morgan fingerprint density at radius 3 is 2.25 bits per heavy atom. The summed E-state index contributed by atoms with van der Waals surface area (Å²) in [7, 11) is 0. The quantitative estimate of drug-likeness (QED) is 0.424. The zero-order valence-electron chi connectivity index (χ0n) is 18.9. The number of halogens is 3. The number of carbonyl (C=O) groups excluding carboxylic acids is 2. The molecule has 0 saturated carbocycles. The number of aryl methyl sites for hydroxylation is 2.